The molecule has 0 aliphatic heterocycles. The molecule has 0 spiro atoms. The highest BCUT2D eigenvalue weighted by Gasteiger charge is 2.26. The summed E-state index contributed by atoms with van der Waals surface area (Å²) in [5.41, 5.74) is 2.01. The molecule has 2 rings (SSSR count). The molecule has 4 nitrogen and oxygen atoms in total. The van der Waals surface area contributed by atoms with Crippen molar-refractivity contribution in [2.75, 3.05) is 0 Å². The maximum atomic E-state index is 12.4. The van der Waals surface area contributed by atoms with Crippen molar-refractivity contribution in [3.05, 3.63) is 36.0 Å². The highest BCUT2D eigenvalue weighted by Crippen LogP contribution is 2.21. The SMILES string of the molecule is CCC(C)C(=O)C(Cc1c[nH]c2ccccc12)OC(C)=O. The molecule has 0 aliphatic carbocycles. The Bertz CT molecular complexity index is 644. The van der Waals surface area contributed by atoms with E-state index in [1.54, 1.807) is 0 Å². The lowest BCUT2D eigenvalue weighted by molar-refractivity contribution is -0.154. The van der Waals surface area contributed by atoms with Gasteiger partial charge in [0.25, 0.3) is 0 Å². The van der Waals surface area contributed by atoms with Crippen LogP contribution in [0.4, 0.5) is 0 Å². The Morgan fingerprint density at radius 3 is 2.67 bits per heavy atom. The first-order valence-corrected chi connectivity index (χ1v) is 7.28. The molecule has 21 heavy (non-hydrogen) atoms. The van der Waals surface area contributed by atoms with Crippen LogP contribution in [0.3, 0.4) is 0 Å². The predicted octanol–water partition coefficient (Wildman–Crippen LogP) is 3.26. The normalized spacial score (nSPS) is 13.9. The number of fused-ring (bicyclic) bond motifs is 1. The average Bonchev–Trinajstić information content (AvgIpc) is 2.88. The molecular weight excluding hydrogens is 266 g/mol. The molecule has 0 fully saturated rings. The van der Waals surface area contributed by atoms with Crippen molar-refractivity contribution >= 4 is 22.7 Å². The number of H-pyrrole nitrogens is 1. The molecule has 0 bridgehead atoms. The summed E-state index contributed by atoms with van der Waals surface area (Å²) in [6.45, 7) is 5.17. The van der Waals surface area contributed by atoms with Crippen molar-refractivity contribution in [3.63, 3.8) is 0 Å². The molecule has 2 unspecified atom stereocenters. The summed E-state index contributed by atoms with van der Waals surface area (Å²) in [5, 5.41) is 1.06. The van der Waals surface area contributed by atoms with Gasteiger partial charge in [0.05, 0.1) is 0 Å². The molecule has 2 aromatic rings. The molecule has 0 saturated heterocycles. The van der Waals surface area contributed by atoms with Gasteiger partial charge >= 0.3 is 5.97 Å². The topological polar surface area (TPSA) is 59.2 Å². The summed E-state index contributed by atoms with van der Waals surface area (Å²) >= 11 is 0. The number of aromatic amines is 1. The van der Waals surface area contributed by atoms with Crippen molar-refractivity contribution in [1.82, 2.24) is 4.98 Å². The van der Waals surface area contributed by atoms with Gasteiger partial charge in [-0.05, 0) is 18.1 Å². The Morgan fingerprint density at radius 2 is 2.00 bits per heavy atom. The first kappa shape index (κ1) is 15.3. The van der Waals surface area contributed by atoms with Gasteiger partial charge in [-0.15, -0.1) is 0 Å². The lowest BCUT2D eigenvalue weighted by atomic mass is 9.95. The zero-order valence-electron chi connectivity index (χ0n) is 12.7. The van der Waals surface area contributed by atoms with Gasteiger partial charge in [-0.2, -0.15) is 0 Å². The predicted molar refractivity (Wildman–Crippen MR) is 82.0 cm³/mol. The van der Waals surface area contributed by atoms with Crippen LogP contribution in [-0.2, 0) is 20.7 Å². The van der Waals surface area contributed by atoms with E-state index in [1.807, 2.05) is 44.3 Å². The first-order valence-electron chi connectivity index (χ1n) is 7.28. The fraction of sp³-hybridized carbons (Fsp3) is 0.412. The highest BCUT2D eigenvalue weighted by molar-refractivity contribution is 5.89. The van der Waals surface area contributed by atoms with Crippen LogP contribution in [0.2, 0.25) is 0 Å². The lowest BCUT2D eigenvalue weighted by Gasteiger charge is -2.18. The number of aromatic nitrogens is 1. The summed E-state index contributed by atoms with van der Waals surface area (Å²) in [4.78, 5) is 26.8. The average molecular weight is 287 g/mol. The molecule has 0 aliphatic rings. The minimum absolute atomic E-state index is 0.0158. The highest BCUT2D eigenvalue weighted by atomic mass is 16.5. The molecular formula is C17H21NO3. The molecule has 1 aromatic carbocycles. The number of nitrogens with one attached hydrogen (secondary N) is 1. The van der Waals surface area contributed by atoms with Crippen LogP contribution in [0.5, 0.6) is 0 Å². The molecule has 1 aromatic heterocycles. The van der Waals surface area contributed by atoms with Crippen molar-refractivity contribution in [1.29, 1.82) is 0 Å². The number of benzene rings is 1. The summed E-state index contributed by atoms with van der Waals surface area (Å²) < 4.78 is 5.25. The standard InChI is InChI=1S/C17H21NO3/c1-4-11(2)17(20)16(21-12(3)19)9-13-10-18-15-8-6-5-7-14(13)15/h5-8,10-11,16,18H,4,9H2,1-3H3. The third kappa shape index (κ3) is 3.51. The van der Waals surface area contributed by atoms with Gasteiger partial charge < -0.3 is 9.72 Å². The molecule has 2 atom stereocenters. The fourth-order valence-electron chi connectivity index (χ4n) is 2.42. The van der Waals surface area contributed by atoms with E-state index < -0.39 is 12.1 Å². The quantitative estimate of drug-likeness (QED) is 0.830. The Kier molecular flexibility index (Phi) is 4.78. The van der Waals surface area contributed by atoms with Gasteiger partial charge in [0.2, 0.25) is 0 Å². The Morgan fingerprint density at radius 1 is 1.29 bits per heavy atom. The van der Waals surface area contributed by atoms with Crippen molar-refractivity contribution < 1.29 is 14.3 Å². The van der Waals surface area contributed by atoms with E-state index in [4.69, 9.17) is 4.74 Å². The van der Waals surface area contributed by atoms with Crippen molar-refractivity contribution in [2.24, 2.45) is 5.92 Å². The van der Waals surface area contributed by atoms with Gasteiger partial charge in [-0.3, -0.25) is 9.59 Å². The van der Waals surface area contributed by atoms with Gasteiger partial charge in [-0.1, -0.05) is 32.0 Å². The Hall–Kier alpha value is -2.10. The largest absolute Gasteiger partial charge is 0.454 e. The minimum Gasteiger partial charge on any atom is -0.454 e. The molecule has 0 radical (unpaired) electrons. The number of ketones is 1. The second-order valence-electron chi connectivity index (χ2n) is 5.37. The third-order valence-electron chi connectivity index (χ3n) is 3.80. The van der Waals surface area contributed by atoms with Crippen LogP contribution in [0, 0.1) is 5.92 Å². The first-order chi connectivity index (χ1) is 10.0. The van der Waals surface area contributed by atoms with E-state index in [-0.39, 0.29) is 11.7 Å². The van der Waals surface area contributed by atoms with Crippen LogP contribution >= 0.6 is 0 Å². The number of esters is 1. The number of carbonyl (C=O) groups is 2. The van der Waals surface area contributed by atoms with Crippen molar-refractivity contribution in [3.8, 4) is 0 Å². The van der Waals surface area contributed by atoms with Gasteiger partial charge in [0, 0.05) is 36.4 Å². The monoisotopic (exact) mass is 287 g/mol. The van der Waals surface area contributed by atoms with E-state index in [0.717, 1.165) is 22.9 Å². The number of Topliss-reactive ketones (excluding diaryl/α,β-unsaturated/α-hetero) is 1. The second-order valence-corrected chi connectivity index (χ2v) is 5.37. The summed E-state index contributed by atoms with van der Waals surface area (Å²) in [7, 11) is 0. The summed E-state index contributed by atoms with van der Waals surface area (Å²) in [6.07, 6.45) is 2.32. The van der Waals surface area contributed by atoms with Gasteiger partial charge in [0.1, 0.15) is 0 Å². The molecule has 1 N–H and O–H groups in total. The zero-order chi connectivity index (χ0) is 15.4. The van der Waals surface area contributed by atoms with Gasteiger partial charge in [-0.25, -0.2) is 0 Å². The lowest BCUT2D eigenvalue weighted by Crippen LogP contribution is -2.32. The van der Waals surface area contributed by atoms with Crippen LogP contribution < -0.4 is 0 Å². The summed E-state index contributed by atoms with van der Waals surface area (Å²) in [5.74, 6) is -0.547. The maximum Gasteiger partial charge on any atom is 0.303 e. The molecule has 112 valence electrons. The van der Waals surface area contributed by atoms with Gasteiger partial charge in [0.15, 0.2) is 11.9 Å². The molecule has 4 heteroatoms. The van der Waals surface area contributed by atoms with E-state index >= 15 is 0 Å². The number of rotatable bonds is 6. The van der Waals surface area contributed by atoms with E-state index in [0.29, 0.717) is 6.42 Å². The Balaban J connectivity index is 2.26. The maximum absolute atomic E-state index is 12.4. The number of hydrogen-bond donors (Lipinski definition) is 1. The smallest absolute Gasteiger partial charge is 0.303 e. The van der Waals surface area contributed by atoms with Crippen LogP contribution in [0.15, 0.2) is 30.5 Å². The molecule has 0 saturated carbocycles. The third-order valence-corrected chi connectivity index (χ3v) is 3.80. The van der Waals surface area contributed by atoms with E-state index in [1.165, 1.54) is 6.92 Å². The number of carbonyl (C=O) groups excluding carboxylic acids is 2. The minimum atomic E-state index is -0.711. The van der Waals surface area contributed by atoms with Crippen LogP contribution in [-0.4, -0.2) is 22.8 Å². The Labute approximate surface area is 124 Å². The van der Waals surface area contributed by atoms with Crippen molar-refractivity contribution in [2.45, 2.75) is 39.7 Å². The van der Waals surface area contributed by atoms with E-state index in [9.17, 15) is 9.59 Å². The molecule has 1 heterocycles. The fourth-order valence-corrected chi connectivity index (χ4v) is 2.42. The van der Waals surface area contributed by atoms with Crippen LogP contribution in [0.1, 0.15) is 32.8 Å². The zero-order valence-corrected chi connectivity index (χ0v) is 12.7. The number of hydrogen-bond acceptors (Lipinski definition) is 3. The number of para-hydroxylation sites is 1. The van der Waals surface area contributed by atoms with E-state index in [2.05, 4.69) is 4.98 Å². The van der Waals surface area contributed by atoms with Crippen LogP contribution in [0.25, 0.3) is 10.9 Å². The molecule has 0 amide bonds. The number of ether oxygens (including phenoxy) is 1. The summed E-state index contributed by atoms with van der Waals surface area (Å²) in [6, 6.07) is 7.89. The second kappa shape index (κ2) is 6.57.